The Bertz CT molecular complexity index is 4920. The van der Waals surface area contributed by atoms with Crippen LogP contribution < -0.4 is 0 Å². The molecule has 76 heavy (non-hydrogen) atoms. The Labute approximate surface area is 443 Å². The van der Waals surface area contributed by atoms with E-state index in [0.29, 0.717) is 17.5 Å². The number of thiophene rings is 2. The number of aromatic nitrogens is 6. The predicted octanol–water partition coefficient (Wildman–Crippen LogP) is 18.5. The van der Waals surface area contributed by atoms with Gasteiger partial charge in [-0.1, -0.05) is 158 Å². The number of pyridine rings is 1. The standard InChI is InChI=1S/C68H40N6S2/c1-5-17-41(18-6-1)66-70-67(42-19-7-2-8-20-42)72-68(71-66)56-33-45(43-29-31-50-54-36-59-52(38-63(54)75-61(50)34-43)48-25-13-15-27-57(48)73(59)46-21-9-3-10-22-46)40-69-65(56)44-30-32-51-55-37-60-53(39-64(55)76-62(51)35-44)49-26-14-16-28-58(49)74(60)47-23-11-4-12-24-47/h1-40H. The van der Waals surface area contributed by atoms with E-state index < -0.39 is 0 Å². The maximum Gasteiger partial charge on any atom is 0.166 e. The van der Waals surface area contributed by atoms with Crippen molar-refractivity contribution >= 4 is 107 Å². The fraction of sp³-hybridized carbons (Fsp3) is 0. The van der Waals surface area contributed by atoms with E-state index in [2.05, 4.69) is 209 Å². The molecule has 6 heterocycles. The zero-order valence-electron chi connectivity index (χ0n) is 40.6. The van der Waals surface area contributed by atoms with Gasteiger partial charge in [-0.3, -0.25) is 4.98 Å². The van der Waals surface area contributed by atoms with Crippen molar-refractivity contribution in [3.63, 3.8) is 0 Å². The third-order valence-electron chi connectivity index (χ3n) is 15.0. The van der Waals surface area contributed by atoms with Crippen LogP contribution in [0.1, 0.15) is 0 Å². The third-order valence-corrected chi connectivity index (χ3v) is 17.2. The Morgan fingerprint density at radius 1 is 0.276 bits per heavy atom. The first kappa shape index (κ1) is 42.9. The molecule has 0 radical (unpaired) electrons. The molecule has 6 nitrogen and oxygen atoms in total. The maximum atomic E-state index is 5.40. The van der Waals surface area contributed by atoms with Gasteiger partial charge in [0.2, 0.25) is 0 Å². The lowest BCUT2D eigenvalue weighted by Gasteiger charge is -2.13. The van der Waals surface area contributed by atoms with Crippen molar-refractivity contribution in [3.8, 4) is 67.9 Å². The molecule has 16 aromatic rings. The Balaban J connectivity index is 0.878. The normalized spacial score (nSPS) is 11.9. The van der Waals surface area contributed by atoms with Gasteiger partial charge in [0.15, 0.2) is 17.5 Å². The van der Waals surface area contributed by atoms with Crippen molar-refractivity contribution in [2.45, 2.75) is 0 Å². The fourth-order valence-corrected chi connectivity index (χ4v) is 13.8. The summed E-state index contributed by atoms with van der Waals surface area (Å²) >= 11 is 3.66. The number of benzene rings is 10. The molecule has 0 atom stereocenters. The van der Waals surface area contributed by atoms with Crippen LogP contribution in [-0.4, -0.2) is 29.1 Å². The highest BCUT2D eigenvalue weighted by Gasteiger charge is 2.22. The molecule has 0 fully saturated rings. The molecule has 0 spiro atoms. The molecule has 0 aliphatic carbocycles. The van der Waals surface area contributed by atoms with Gasteiger partial charge in [-0.05, 0) is 84.4 Å². The van der Waals surface area contributed by atoms with E-state index in [1.54, 1.807) is 0 Å². The molecule has 0 unspecified atom stereocenters. The Hall–Kier alpha value is -9.60. The van der Waals surface area contributed by atoms with Crippen LogP contribution in [0.4, 0.5) is 0 Å². The number of nitrogens with zero attached hydrogens (tertiary/aromatic N) is 6. The molecule has 6 aromatic heterocycles. The van der Waals surface area contributed by atoms with Crippen LogP contribution in [-0.2, 0) is 0 Å². The Morgan fingerprint density at radius 3 is 1.24 bits per heavy atom. The van der Waals surface area contributed by atoms with Gasteiger partial charge in [-0.15, -0.1) is 22.7 Å². The van der Waals surface area contributed by atoms with Gasteiger partial charge in [0, 0.05) is 107 Å². The van der Waals surface area contributed by atoms with Crippen LogP contribution in [0.25, 0.3) is 152 Å². The van der Waals surface area contributed by atoms with E-state index in [1.165, 1.54) is 84.0 Å². The molecule has 16 rings (SSSR count). The molecule has 8 heteroatoms. The Kier molecular flexibility index (Phi) is 9.57. The van der Waals surface area contributed by atoms with Crippen molar-refractivity contribution < 1.29 is 0 Å². The summed E-state index contributed by atoms with van der Waals surface area (Å²) in [7, 11) is 0. The molecule has 354 valence electrons. The molecular weight excluding hydrogens is 965 g/mol. The lowest BCUT2D eigenvalue weighted by atomic mass is 9.98. The smallest absolute Gasteiger partial charge is 0.166 e. The molecule has 0 N–H and O–H groups in total. The summed E-state index contributed by atoms with van der Waals surface area (Å²) in [5.41, 5.74) is 13.6. The fourth-order valence-electron chi connectivity index (χ4n) is 11.5. The van der Waals surface area contributed by atoms with Gasteiger partial charge in [0.1, 0.15) is 0 Å². The van der Waals surface area contributed by atoms with E-state index in [-0.39, 0.29) is 0 Å². The van der Waals surface area contributed by atoms with E-state index in [4.69, 9.17) is 19.9 Å². The van der Waals surface area contributed by atoms with Gasteiger partial charge >= 0.3 is 0 Å². The quantitative estimate of drug-likeness (QED) is 0.160. The maximum absolute atomic E-state index is 5.40. The topological polar surface area (TPSA) is 61.4 Å². The summed E-state index contributed by atoms with van der Waals surface area (Å²) in [6, 6.07) is 84.6. The van der Waals surface area contributed by atoms with Crippen molar-refractivity contribution in [3.05, 3.63) is 243 Å². The van der Waals surface area contributed by atoms with E-state index in [1.807, 2.05) is 65.3 Å². The second-order valence-electron chi connectivity index (χ2n) is 19.4. The average Bonchev–Trinajstić information content (AvgIpc) is 4.25. The van der Waals surface area contributed by atoms with Crippen LogP contribution in [0.3, 0.4) is 0 Å². The van der Waals surface area contributed by atoms with Crippen LogP contribution in [0.15, 0.2) is 243 Å². The minimum atomic E-state index is 0.560. The highest BCUT2D eigenvalue weighted by atomic mass is 32.1. The van der Waals surface area contributed by atoms with E-state index >= 15 is 0 Å². The van der Waals surface area contributed by atoms with Gasteiger partial charge in [0.05, 0.1) is 27.8 Å². The predicted molar refractivity (Wildman–Crippen MR) is 319 cm³/mol. The summed E-state index contributed by atoms with van der Waals surface area (Å²) in [4.78, 5) is 21.1. The summed E-state index contributed by atoms with van der Waals surface area (Å²) in [5.74, 6) is 1.77. The van der Waals surface area contributed by atoms with Crippen LogP contribution >= 0.6 is 22.7 Å². The highest BCUT2D eigenvalue weighted by molar-refractivity contribution is 7.26. The molecule has 0 aliphatic rings. The molecule has 0 aliphatic heterocycles. The van der Waals surface area contributed by atoms with Crippen molar-refractivity contribution in [1.82, 2.24) is 29.1 Å². The summed E-state index contributed by atoms with van der Waals surface area (Å²) < 4.78 is 9.70. The number of rotatable bonds is 7. The Morgan fingerprint density at radius 2 is 0.711 bits per heavy atom. The summed E-state index contributed by atoms with van der Waals surface area (Å²) in [6.07, 6.45) is 2.02. The van der Waals surface area contributed by atoms with Gasteiger partial charge in [-0.25, -0.2) is 15.0 Å². The first-order chi connectivity index (χ1) is 37.6. The summed E-state index contributed by atoms with van der Waals surface area (Å²) in [5, 5.41) is 9.92. The minimum absolute atomic E-state index is 0.560. The van der Waals surface area contributed by atoms with E-state index in [9.17, 15) is 0 Å². The van der Waals surface area contributed by atoms with Gasteiger partial charge in [-0.2, -0.15) is 0 Å². The SMILES string of the molecule is c1ccc(-c2nc(-c3ccccc3)nc(-c3cc(-c4ccc5c(c4)sc4cc6c7ccccc7n(-c7ccccc7)c6cc45)cnc3-c3ccc4c(c3)sc3cc5c6ccccc6n(-c6ccccc6)c5cc34)n2)cc1. The van der Waals surface area contributed by atoms with Crippen LogP contribution in [0.5, 0.6) is 0 Å². The number of hydrogen-bond acceptors (Lipinski definition) is 6. The molecule has 0 saturated heterocycles. The largest absolute Gasteiger partial charge is 0.309 e. The molecule has 10 aromatic carbocycles. The monoisotopic (exact) mass is 1000 g/mol. The van der Waals surface area contributed by atoms with Gasteiger partial charge < -0.3 is 9.13 Å². The highest BCUT2D eigenvalue weighted by Crippen LogP contribution is 2.45. The first-order valence-corrected chi connectivity index (χ1v) is 27.1. The minimum Gasteiger partial charge on any atom is -0.309 e. The average molecular weight is 1010 g/mol. The number of fused-ring (bicyclic) bond motifs is 12. The van der Waals surface area contributed by atoms with Crippen molar-refractivity contribution in [2.24, 2.45) is 0 Å². The number of para-hydroxylation sites is 4. The second-order valence-corrected chi connectivity index (χ2v) is 21.6. The van der Waals surface area contributed by atoms with E-state index in [0.717, 1.165) is 50.4 Å². The molecular formula is C68H40N6S2. The van der Waals surface area contributed by atoms with Crippen molar-refractivity contribution in [2.75, 3.05) is 0 Å². The zero-order chi connectivity index (χ0) is 49.8. The molecule has 0 bridgehead atoms. The second kappa shape index (κ2) is 17.0. The number of hydrogen-bond donors (Lipinski definition) is 0. The third kappa shape index (κ3) is 6.78. The van der Waals surface area contributed by atoms with Gasteiger partial charge in [0.25, 0.3) is 0 Å². The van der Waals surface area contributed by atoms with Crippen LogP contribution in [0.2, 0.25) is 0 Å². The van der Waals surface area contributed by atoms with Crippen LogP contribution in [0, 0.1) is 0 Å². The molecule has 0 saturated carbocycles. The zero-order valence-corrected chi connectivity index (χ0v) is 42.2. The lowest BCUT2D eigenvalue weighted by Crippen LogP contribution is -2.02. The lowest BCUT2D eigenvalue weighted by molar-refractivity contribution is 1.07. The first-order valence-electron chi connectivity index (χ1n) is 25.4. The molecule has 0 amide bonds. The summed E-state index contributed by atoms with van der Waals surface area (Å²) in [6.45, 7) is 0. The van der Waals surface area contributed by atoms with Crippen molar-refractivity contribution in [1.29, 1.82) is 0 Å².